The van der Waals surface area contributed by atoms with Crippen LogP contribution < -0.4 is 4.90 Å². The van der Waals surface area contributed by atoms with Gasteiger partial charge in [-0.1, -0.05) is 52.7 Å². The Morgan fingerprint density at radius 1 is 1.04 bits per heavy atom. The molecule has 1 aromatic rings. The molecule has 2 rings (SSSR count). The molecule has 0 radical (unpaired) electrons. The van der Waals surface area contributed by atoms with Gasteiger partial charge >= 0.3 is 0 Å². The van der Waals surface area contributed by atoms with Crippen LogP contribution in [0.15, 0.2) is 24.3 Å². The molecule has 1 fully saturated rings. The normalized spacial score (nSPS) is 18.5. The molecule has 1 saturated heterocycles. The number of hydrogen-bond donors (Lipinski definition) is 0. The van der Waals surface area contributed by atoms with E-state index >= 15 is 0 Å². The number of carbonyl (C=O) groups excluding carboxylic acids is 2. The third-order valence-electron chi connectivity index (χ3n) is 4.41. The lowest BCUT2D eigenvalue weighted by atomic mass is 9.97. The topological polar surface area (TPSA) is 37.4 Å². The molecule has 0 saturated carbocycles. The van der Waals surface area contributed by atoms with E-state index in [1.54, 1.807) is 0 Å². The molecule has 1 heterocycles. The molecular weight excluding hydrogens is 286 g/mol. The summed E-state index contributed by atoms with van der Waals surface area (Å²) >= 11 is 0. The van der Waals surface area contributed by atoms with E-state index in [0.29, 0.717) is 18.3 Å². The zero-order valence-electron chi connectivity index (χ0n) is 14.8. The van der Waals surface area contributed by atoms with Crippen LogP contribution in [-0.2, 0) is 16.0 Å². The fourth-order valence-corrected chi connectivity index (χ4v) is 3.22. The maximum absolute atomic E-state index is 12.6. The second kappa shape index (κ2) is 7.76. The van der Waals surface area contributed by atoms with Gasteiger partial charge in [-0.3, -0.25) is 14.5 Å². The van der Waals surface area contributed by atoms with Crippen molar-refractivity contribution in [3.05, 3.63) is 29.8 Å². The van der Waals surface area contributed by atoms with Crippen LogP contribution >= 0.6 is 0 Å². The summed E-state index contributed by atoms with van der Waals surface area (Å²) in [6, 6.07) is 7.87. The molecule has 0 bridgehead atoms. The third-order valence-corrected chi connectivity index (χ3v) is 4.41. The lowest BCUT2D eigenvalue weighted by Crippen LogP contribution is -2.30. The van der Waals surface area contributed by atoms with Gasteiger partial charge in [-0.05, 0) is 42.4 Å². The summed E-state index contributed by atoms with van der Waals surface area (Å²) in [4.78, 5) is 26.2. The molecule has 1 unspecified atom stereocenters. The number of benzene rings is 1. The zero-order valence-corrected chi connectivity index (χ0v) is 14.8. The van der Waals surface area contributed by atoms with Crippen molar-refractivity contribution in [2.75, 3.05) is 4.90 Å². The van der Waals surface area contributed by atoms with Crippen molar-refractivity contribution in [2.45, 2.75) is 59.8 Å². The number of carbonyl (C=O) groups is 2. The van der Waals surface area contributed by atoms with Gasteiger partial charge in [-0.15, -0.1) is 0 Å². The number of rotatable bonds is 7. The monoisotopic (exact) mass is 315 g/mol. The van der Waals surface area contributed by atoms with E-state index in [1.807, 2.05) is 24.3 Å². The zero-order chi connectivity index (χ0) is 17.0. The first-order chi connectivity index (χ1) is 10.9. The molecule has 0 aliphatic carbocycles. The van der Waals surface area contributed by atoms with Crippen molar-refractivity contribution in [1.29, 1.82) is 0 Å². The first kappa shape index (κ1) is 17.7. The number of imide groups is 1. The molecular formula is C20H29NO2. The van der Waals surface area contributed by atoms with Gasteiger partial charge < -0.3 is 0 Å². The minimum absolute atomic E-state index is 0.0182. The Hall–Kier alpha value is -1.64. The first-order valence-electron chi connectivity index (χ1n) is 8.84. The molecule has 1 aliphatic rings. The van der Waals surface area contributed by atoms with Crippen LogP contribution in [0.5, 0.6) is 0 Å². The van der Waals surface area contributed by atoms with Gasteiger partial charge in [-0.2, -0.15) is 0 Å². The molecule has 0 N–H and O–H groups in total. The molecule has 3 nitrogen and oxygen atoms in total. The van der Waals surface area contributed by atoms with E-state index in [4.69, 9.17) is 0 Å². The molecule has 126 valence electrons. The van der Waals surface area contributed by atoms with Crippen LogP contribution in [-0.4, -0.2) is 11.8 Å². The number of hydrogen-bond acceptors (Lipinski definition) is 2. The lowest BCUT2D eigenvalue weighted by Gasteiger charge is -2.16. The van der Waals surface area contributed by atoms with Crippen LogP contribution in [0.2, 0.25) is 0 Å². The van der Waals surface area contributed by atoms with Crippen molar-refractivity contribution in [3.63, 3.8) is 0 Å². The first-order valence-corrected chi connectivity index (χ1v) is 8.84. The highest BCUT2D eigenvalue weighted by atomic mass is 16.2. The fraction of sp³-hybridized carbons (Fsp3) is 0.600. The van der Waals surface area contributed by atoms with Gasteiger partial charge in [0.1, 0.15) is 0 Å². The van der Waals surface area contributed by atoms with Crippen molar-refractivity contribution in [3.8, 4) is 0 Å². The van der Waals surface area contributed by atoms with Gasteiger partial charge in [0.05, 0.1) is 5.69 Å². The molecule has 0 spiro atoms. The smallest absolute Gasteiger partial charge is 0.237 e. The van der Waals surface area contributed by atoms with Gasteiger partial charge in [0.15, 0.2) is 0 Å². The highest BCUT2D eigenvalue weighted by molar-refractivity contribution is 6.20. The second-order valence-electron chi connectivity index (χ2n) is 7.56. The van der Waals surface area contributed by atoms with Crippen LogP contribution in [0, 0.1) is 17.8 Å². The highest BCUT2D eigenvalue weighted by Crippen LogP contribution is 2.30. The lowest BCUT2D eigenvalue weighted by molar-refractivity contribution is -0.122. The summed E-state index contributed by atoms with van der Waals surface area (Å²) in [6.45, 7) is 8.74. The summed E-state index contributed by atoms with van der Waals surface area (Å²) in [6.07, 6.45) is 4.33. The summed E-state index contributed by atoms with van der Waals surface area (Å²) in [5.74, 6) is 1.04. The molecule has 1 aliphatic heterocycles. The van der Waals surface area contributed by atoms with Crippen LogP contribution in [0.3, 0.4) is 0 Å². The maximum Gasteiger partial charge on any atom is 0.237 e. The number of nitrogens with zero attached hydrogens (tertiary/aromatic N) is 1. The Morgan fingerprint density at radius 3 is 2.26 bits per heavy atom. The van der Waals surface area contributed by atoms with Gasteiger partial charge in [-0.25, -0.2) is 0 Å². The third kappa shape index (κ3) is 4.66. The van der Waals surface area contributed by atoms with Crippen molar-refractivity contribution >= 4 is 17.5 Å². The predicted octanol–water partition coefficient (Wildman–Crippen LogP) is 4.59. The van der Waals surface area contributed by atoms with E-state index in [0.717, 1.165) is 31.4 Å². The Kier molecular flexibility index (Phi) is 5.97. The summed E-state index contributed by atoms with van der Waals surface area (Å²) in [7, 11) is 0. The SMILES string of the molecule is CC(C)CCCC1CC(=O)N(c2ccc(CC(C)C)cc2)C1=O. The van der Waals surface area contributed by atoms with Crippen molar-refractivity contribution in [1.82, 2.24) is 0 Å². The summed E-state index contributed by atoms with van der Waals surface area (Å²) < 4.78 is 0. The molecule has 0 aromatic heterocycles. The fourth-order valence-electron chi connectivity index (χ4n) is 3.22. The minimum Gasteiger partial charge on any atom is -0.274 e. The Morgan fingerprint density at radius 2 is 1.70 bits per heavy atom. The predicted molar refractivity (Wildman–Crippen MR) is 94.3 cm³/mol. The van der Waals surface area contributed by atoms with E-state index in [2.05, 4.69) is 27.7 Å². The maximum atomic E-state index is 12.6. The van der Waals surface area contributed by atoms with E-state index in [9.17, 15) is 9.59 Å². The van der Waals surface area contributed by atoms with Crippen LogP contribution in [0.1, 0.15) is 58.9 Å². The standard InChI is InChI=1S/C20H29NO2/c1-14(2)6-5-7-17-13-19(22)21(20(17)23)18-10-8-16(9-11-18)12-15(3)4/h8-11,14-15,17H,5-7,12-13H2,1-4H3. The summed E-state index contributed by atoms with van der Waals surface area (Å²) in [5, 5.41) is 0. The molecule has 1 aromatic carbocycles. The van der Waals surface area contributed by atoms with Crippen LogP contribution in [0.4, 0.5) is 5.69 Å². The average molecular weight is 315 g/mol. The Labute approximate surface area is 140 Å². The molecule has 23 heavy (non-hydrogen) atoms. The minimum atomic E-state index is -0.128. The largest absolute Gasteiger partial charge is 0.274 e. The van der Waals surface area contributed by atoms with E-state index < -0.39 is 0 Å². The highest BCUT2D eigenvalue weighted by Gasteiger charge is 2.38. The number of anilines is 1. The van der Waals surface area contributed by atoms with Gasteiger partial charge in [0.25, 0.3) is 0 Å². The number of amides is 2. The van der Waals surface area contributed by atoms with E-state index in [1.165, 1.54) is 10.5 Å². The Balaban J connectivity index is 2.02. The van der Waals surface area contributed by atoms with Crippen molar-refractivity contribution < 1.29 is 9.59 Å². The Bertz CT molecular complexity index is 545. The molecule has 3 heteroatoms. The second-order valence-corrected chi connectivity index (χ2v) is 7.56. The van der Waals surface area contributed by atoms with Crippen molar-refractivity contribution in [2.24, 2.45) is 17.8 Å². The van der Waals surface area contributed by atoms with E-state index in [-0.39, 0.29) is 17.7 Å². The quantitative estimate of drug-likeness (QED) is 0.690. The summed E-state index contributed by atoms with van der Waals surface area (Å²) in [5.41, 5.74) is 1.97. The average Bonchev–Trinajstić information content (AvgIpc) is 2.74. The molecule has 2 amide bonds. The van der Waals surface area contributed by atoms with Crippen LogP contribution in [0.25, 0.3) is 0 Å². The van der Waals surface area contributed by atoms with Gasteiger partial charge in [0, 0.05) is 12.3 Å². The molecule has 1 atom stereocenters. The van der Waals surface area contributed by atoms with Gasteiger partial charge in [0.2, 0.25) is 11.8 Å².